The average Bonchev–Trinajstić information content (AvgIpc) is 3.16. The first kappa shape index (κ1) is 21.0. The van der Waals surface area contributed by atoms with Crippen LogP contribution in [0.2, 0.25) is 0 Å². The Kier molecular flexibility index (Phi) is 4.88. The van der Waals surface area contributed by atoms with Crippen LogP contribution in [0.5, 0.6) is 0 Å². The van der Waals surface area contributed by atoms with Crippen LogP contribution in [0.4, 0.5) is 10.5 Å². The van der Waals surface area contributed by atoms with Gasteiger partial charge in [0.25, 0.3) is 5.91 Å². The molecule has 1 N–H and O–H groups in total. The number of fused-ring (bicyclic) bond motifs is 1. The molecule has 0 bridgehead atoms. The number of urea groups is 1. The van der Waals surface area contributed by atoms with Crippen molar-refractivity contribution in [1.29, 1.82) is 0 Å². The van der Waals surface area contributed by atoms with Crippen molar-refractivity contribution in [2.45, 2.75) is 31.8 Å². The second-order valence-corrected chi connectivity index (χ2v) is 10.1. The molecule has 8 nitrogen and oxygen atoms in total. The summed E-state index contributed by atoms with van der Waals surface area (Å²) >= 11 is 0. The molecule has 0 saturated carbocycles. The monoisotopic (exact) mass is 441 g/mol. The van der Waals surface area contributed by atoms with Crippen LogP contribution in [-0.2, 0) is 26.8 Å². The molecule has 2 aliphatic heterocycles. The van der Waals surface area contributed by atoms with Gasteiger partial charge in [-0.15, -0.1) is 0 Å². The number of carbonyl (C=O) groups excluding carboxylic acids is 3. The summed E-state index contributed by atoms with van der Waals surface area (Å²) < 4.78 is 25.5. The third-order valence-electron chi connectivity index (χ3n) is 5.84. The van der Waals surface area contributed by atoms with Gasteiger partial charge in [-0.1, -0.05) is 30.3 Å². The van der Waals surface area contributed by atoms with Gasteiger partial charge >= 0.3 is 6.03 Å². The number of rotatable bonds is 5. The number of anilines is 1. The van der Waals surface area contributed by atoms with E-state index in [-0.39, 0.29) is 6.04 Å². The van der Waals surface area contributed by atoms with Crippen LogP contribution in [0.15, 0.2) is 48.5 Å². The minimum Gasteiger partial charge on any atom is -0.319 e. The molecule has 2 aliphatic rings. The summed E-state index contributed by atoms with van der Waals surface area (Å²) in [5.41, 5.74) is 1.03. The van der Waals surface area contributed by atoms with Crippen molar-refractivity contribution in [2.75, 3.05) is 17.1 Å². The van der Waals surface area contributed by atoms with Crippen molar-refractivity contribution in [3.63, 3.8) is 0 Å². The summed E-state index contributed by atoms with van der Waals surface area (Å²) in [4.78, 5) is 39.3. The normalized spacial score (nSPS) is 23.1. The van der Waals surface area contributed by atoms with E-state index in [9.17, 15) is 22.8 Å². The highest BCUT2D eigenvalue weighted by Crippen LogP contribution is 2.35. The van der Waals surface area contributed by atoms with E-state index in [1.54, 1.807) is 50.2 Å². The molecule has 2 aromatic rings. The number of hydrogen-bond donors (Lipinski definition) is 1. The maximum Gasteiger partial charge on any atom is 0.325 e. The van der Waals surface area contributed by atoms with E-state index in [0.717, 1.165) is 16.7 Å². The fraction of sp³-hybridized carbons (Fsp3) is 0.318. The SMILES string of the molecule is C[C@@H]1Cc2cc(C(=O)CN3C(=O)N[C@@](C)(c4ccccc4)C3=O)ccc2N1S(C)(=O)=O. The van der Waals surface area contributed by atoms with E-state index < -0.39 is 39.8 Å². The molecule has 0 aromatic heterocycles. The zero-order chi connectivity index (χ0) is 22.6. The fourth-order valence-corrected chi connectivity index (χ4v) is 5.59. The molecule has 9 heteroatoms. The van der Waals surface area contributed by atoms with Crippen molar-refractivity contribution in [3.8, 4) is 0 Å². The van der Waals surface area contributed by atoms with E-state index in [1.807, 2.05) is 6.07 Å². The summed E-state index contributed by atoms with van der Waals surface area (Å²) in [6.45, 7) is 3.03. The maximum absolute atomic E-state index is 13.0. The Balaban J connectivity index is 1.57. The Morgan fingerprint density at radius 2 is 1.84 bits per heavy atom. The number of amides is 3. The molecule has 2 heterocycles. The number of sulfonamides is 1. The molecule has 162 valence electrons. The summed E-state index contributed by atoms with van der Waals surface area (Å²) in [6.07, 6.45) is 1.64. The van der Waals surface area contributed by atoms with Crippen LogP contribution in [0, 0.1) is 0 Å². The highest BCUT2D eigenvalue weighted by molar-refractivity contribution is 7.92. The molecular formula is C22H23N3O5S. The van der Waals surface area contributed by atoms with E-state index in [2.05, 4.69) is 5.32 Å². The molecular weight excluding hydrogens is 418 g/mol. The van der Waals surface area contributed by atoms with Gasteiger partial charge in [0.2, 0.25) is 10.0 Å². The van der Waals surface area contributed by atoms with Gasteiger partial charge in [-0.3, -0.25) is 18.8 Å². The maximum atomic E-state index is 13.0. The van der Waals surface area contributed by atoms with Crippen LogP contribution in [0.25, 0.3) is 0 Å². The van der Waals surface area contributed by atoms with Crippen LogP contribution in [-0.4, -0.2) is 49.9 Å². The number of nitrogens with one attached hydrogen (secondary N) is 1. The second kappa shape index (κ2) is 7.19. The van der Waals surface area contributed by atoms with Gasteiger partial charge in [0, 0.05) is 11.6 Å². The first-order valence-corrected chi connectivity index (χ1v) is 11.7. The molecule has 0 radical (unpaired) electrons. The largest absolute Gasteiger partial charge is 0.325 e. The van der Waals surface area contributed by atoms with Crippen molar-refractivity contribution >= 4 is 33.4 Å². The number of imide groups is 1. The van der Waals surface area contributed by atoms with Gasteiger partial charge in [-0.05, 0) is 49.6 Å². The van der Waals surface area contributed by atoms with E-state index in [4.69, 9.17) is 0 Å². The van der Waals surface area contributed by atoms with Crippen LogP contribution in [0.3, 0.4) is 0 Å². The second-order valence-electron chi connectivity index (χ2n) is 8.19. The molecule has 3 amide bonds. The predicted octanol–water partition coefficient (Wildman–Crippen LogP) is 2.05. The molecule has 1 fully saturated rings. The third kappa shape index (κ3) is 3.48. The molecule has 4 rings (SSSR count). The minimum absolute atomic E-state index is 0.243. The van der Waals surface area contributed by atoms with Gasteiger partial charge < -0.3 is 5.32 Å². The summed E-state index contributed by atoms with van der Waals surface area (Å²) in [5, 5.41) is 2.68. The Morgan fingerprint density at radius 3 is 2.48 bits per heavy atom. The molecule has 1 saturated heterocycles. The lowest BCUT2D eigenvalue weighted by molar-refractivity contribution is -0.130. The standard InChI is InChI=1S/C22H23N3O5S/c1-14-11-16-12-15(9-10-18(16)25(14)31(3,29)30)19(26)13-24-20(27)22(2,23-21(24)28)17-7-5-4-6-8-17/h4-10,12,14H,11,13H2,1-3H3,(H,23,28)/t14-,22+/m1/s1. The summed E-state index contributed by atoms with van der Waals surface area (Å²) in [7, 11) is -3.43. The number of Topliss-reactive ketones (excluding diaryl/α,β-unsaturated/α-hetero) is 1. The third-order valence-corrected chi connectivity index (χ3v) is 7.11. The van der Waals surface area contributed by atoms with E-state index in [1.165, 1.54) is 10.4 Å². The Hall–Kier alpha value is -3.20. The van der Waals surface area contributed by atoms with E-state index >= 15 is 0 Å². The number of carbonyl (C=O) groups is 3. The van der Waals surface area contributed by atoms with Crippen molar-refractivity contribution in [1.82, 2.24) is 10.2 Å². The first-order chi connectivity index (χ1) is 14.5. The smallest absolute Gasteiger partial charge is 0.319 e. The molecule has 2 aromatic carbocycles. The van der Waals surface area contributed by atoms with Gasteiger partial charge in [0.1, 0.15) is 5.54 Å². The number of ketones is 1. The zero-order valence-electron chi connectivity index (χ0n) is 17.5. The molecule has 31 heavy (non-hydrogen) atoms. The van der Waals surface area contributed by atoms with Gasteiger partial charge in [0.05, 0.1) is 18.5 Å². The lowest BCUT2D eigenvalue weighted by Crippen LogP contribution is -2.41. The summed E-state index contributed by atoms with van der Waals surface area (Å²) in [5.74, 6) is -0.885. The van der Waals surface area contributed by atoms with Gasteiger partial charge in [-0.2, -0.15) is 0 Å². The van der Waals surface area contributed by atoms with Gasteiger partial charge in [0.15, 0.2) is 5.78 Å². The van der Waals surface area contributed by atoms with Crippen LogP contribution >= 0.6 is 0 Å². The Labute approximate surface area is 180 Å². The van der Waals surface area contributed by atoms with Crippen molar-refractivity contribution in [2.24, 2.45) is 0 Å². The lowest BCUT2D eigenvalue weighted by Gasteiger charge is -2.22. The molecule has 2 atom stereocenters. The fourth-order valence-electron chi connectivity index (χ4n) is 4.32. The predicted molar refractivity (Wildman–Crippen MR) is 115 cm³/mol. The Morgan fingerprint density at radius 1 is 1.16 bits per heavy atom. The topological polar surface area (TPSA) is 104 Å². The van der Waals surface area contributed by atoms with Crippen LogP contribution in [0.1, 0.15) is 35.3 Å². The lowest BCUT2D eigenvalue weighted by atomic mass is 9.92. The zero-order valence-corrected chi connectivity index (χ0v) is 18.3. The Bertz CT molecular complexity index is 1190. The highest BCUT2D eigenvalue weighted by Gasteiger charge is 2.49. The minimum atomic E-state index is -3.43. The highest BCUT2D eigenvalue weighted by atomic mass is 32.2. The molecule has 0 aliphatic carbocycles. The molecule has 0 unspecified atom stereocenters. The first-order valence-electron chi connectivity index (χ1n) is 9.87. The molecule has 0 spiro atoms. The van der Waals surface area contributed by atoms with E-state index in [0.29, 0.717) is 23.2 Å². The quantitative estimate of drug-likeness (QED) is 0.565. The summed E-state index contributed by atoms with van der Waals surface area (Å²) in [6, 6.07) is 12.8. The number of hydrogen-bond acceptors (Lipinski definition) is 5. The average molecular weight is 442 g/mol. The number of benzene rings is 2. The van der Waals surface area contributed by atoms with Crippen molar-refractivity contribution in [3.05, 3.63) is 65.2 Å². The van der Waals surface area contributed by atoms with Crippen LogP contribution < -0.4 is 9.62 Å². The van der Waals surface area contributed by atoms with Crippen molar-refractivity contribution < 1.29 is 22.8 Å². The van der Waals surface area contributed by atoms with Gasteiger partial charge in [-0.25, -0.2) is 13.2 Å². The number of nitrogens with zero attached hydrogens (tertiary/aromatic N) is 2.